The minimum absolute atomic E-state index is 0.177. The average Bonchev–Trinajstić information content (AvgIpc) is 2.80. The summed E-state index contributed by atoms with van der Waals surface area (Å²) in [6, 6.07) is 6.60. The zero-order valence-electron chi connectivity index (χ0n) is 19.0. The fourth-order valence-electron chi connectivity index (χ4n) is 6.53. The summed E-state index contributed by atoms with van der Waals surface area (Å²) in [5, 5.41) is 0.547. The molecule has 4 fully saturated rings. The summed E-state index contributed by atoms with van der Waals surface area (Å²) in [4.78, 5) is 32.2. The van der Waals surface area contributed by atoms with Gasteiger partial charge < -0.3 is 14.5 Å². The summed E-state index contributed by atoms with van der Waals surface area (Å²) in [5.74, 6) is 2.44. The summed E-state index contributed by atoms with van der Waals surface area (Å²) >= 11 is 6.22. The van der Waals surface area contributed by atoms with Gasteiger partial charge in [0, 0.05) is 51.2 Å². The lowest BCUT2D eigenvalue weighted by Gasteiger charge is -2.54. The number of rotatable bonds is 4. The van der Waals surface area contributed by atoms with Crippen LogP contribution in [-0.4, -0.2) is 78.4 Å². The summed E-state index contributed by atoms with van der Waals surface area (Å²) in [7, 11) is 1.59. The summed E-state index contributed by atoms with van der Waals surface area (Å²) in [6.07, 6.45) is 6.74. The number of benzene rings is 1. The number of carbonyl (C=O) groups is 2. The molecule has 1 aromatic rings. The standard InChI is InChI=1S/C25H34ClN3O3/c1-32-23-6-5-17(12-21(23)26)13-25(31)27-9-7-20(8-10-27)28-14-18-11-19(16-28)22-3-2-4-24(30)29(22)15-18/h5-6,12,18-20,22H,2-4,7-11,13-16H2,1H3/t18?,19?,22-/m1/s1. The van der Waals surface area contributed by atoms with E-state index in [-0.39, 0.29) is 5.91 Å². The van der Waals surface area contributed by atoms with Crippen molar-refractivity contribution in [2.45, 2.75) is 57.0 Å². The fraction of sp³-hybridized carbons (Fsp3) is 0.680. The fourth-order valence-corrected chi connectivity index (χ4v) is 6.81. The maximum absolute atomic E-state index is 12.9. The molecule has 32 heavy (non-hydrogen) atoms. The van der Waals surface area contributed by atoms with E-state index in [9.17, 15) is 9.59 Å². The third kappa shape index (κ3) is 4.36. The SMILES string of the molecule is COc1ccc(CC(=O)N2CCC(N3CC4CC(C3)[C@H]3CCCC(=O)N3C4)CC2)cc1Cl. The van der Waals surface area contributed by atoms with Crippen LogP contribution >= 0.6 is 11.6 Å². The number of nitrogens with zero attached hydrogens (tertiary/aromatic N) is 3. The number of hydrogen-bond acceptors (Lipinski definition) is 4. The molecule has 0 N–H and O–H groups in total. The first kappa shape index (κ1) is 22.0. The van der Waals surface area contributed by atoms with Crippen LogP contribution in [0.4, 0.5) is 0 Å². The molecule has 3 atom stereocenters. The molecule has 5 rings (SSSR count). The van der Waals surface area contributed by atoms with Crippen LogP contribution in [0.15, 0.2) is 18.2 Å². The van der Waals surface area contributed by atoms with Crippen molar-refractivity contribution in [3.8, 4) is 5.75 Å². The van der Waals surface area contributed by atoms with Gasteiger partial charge >= 0.3 is 0 Å². The molecule has 2 amide bonds. The number of ether oxygens (including phenoxy) is 1. The van der Waals surface area contributed by atoms with Gasteiger partial charge in [-0.2, -0.15) is 0 Å². The predicted molar refractivity (Wildman–Crippen MR) is 124 cm³/mol. The highest BCUT2D eigenvalue weighted by Gasteiger charge is 2.45. The van der Waals surface area contributed by atoms with E-state index in [1.54, 1.807) is 7.11 Å². The Kier molecular flexibility index (Phi) is 6.35. The number of halogens is 1. The van der Waals surface area contributed by atoms with Gasteiger partial charge in [-0.1, -0.05) is 17.7 Å². The van der Waals surface area contributed by atoms with Gasteiger partial charge in [0.1, 0.15) is 5.75 Å². The molecule has 0 spiro atoms. The molecule has 4 saturated heterocycles. The van der Waals surface area contributed by atoms with E-state index in [1.807, 2.05) is 23.1 Å². The molecule has 2 bridgehead atoms. The van der Waals surface area contributed by atoms with Gasteiger partial charge in [0.15, 0.2) is 0 Å². The molecule has 4 aliphatic heterocycles. The smallest absolute Gasteiger partial charge is 0.226 e. The molecule has 2 unspecified atom stereocenters. The second kappa shape index (κ2) is 9.22. The van der Waals surface area contributed by atoms with Crippen LogP contribution in [0.25, 0.3) is 0 Å². The summed E-state index contributed by atoms with van der Waals surface area (Å²) in [5.41, 5.74) is 0.929. The van der Waals surface area contributed by atoms with Gasteiger partial charge in [-0.15, -0.1) is 0 Å². The monoisotopic (exact) mass is 459 g/mol. The topological polar surface area (TPSA) is 53.1 Å². The van der Waals surface area contributed by atoms with Gasteiger partial charge in [-0.05, 0) is 61.6 Å². The van der Waals surface area contributed by atoms with Gasteiger partial charge in [-0.3, -0.25) is 14.5 Å². The van der Waals surface area contributed by atoms with Gasteiger partial charge in [0.25, 0.3) is 0 Å². The number of amides is 2. The lowest BCUT2D eigenvalue weighted by Crippen LogP contribution is -2.62. The van der Waals surface area contributed by atoms with Crippen LogP contribution in [0.5, 0.6) is 5.75 Å². The lowest BCUT2D eigenvalue weighted by molar-refractivity contribution is -0.146. The molecule has 4 heterocycles. The number of hydrogen-bond donors (Lipinski definition) is 0. The minimum Gasteiger partial charge on any atom is -0.495 e. The molecular weight excluding hydrogens is 426 g/mol. The molecule has 174 valence electrons. The van der Waals surface area contributed by atoms with Crippen molar-refractivity contribution in [1.29, 1.82) is 0 Å². The Labute approximate surface area is 195 Å². The van der Waals surface area contributed by atoms with E-state index in [0.29, 0.717) is 47.0 Å². The minimum atomic E-state index is 0.177. The van der Waals surface area contributed by atoms with Crippen LogP contribution in [0.1, 0.15) is 44.1 Å². The van der Waals surface area contributed by atoms with Crippen molar-refractivity contribution >= 4 is 23.4 Å². The quantitative estimate of drug-likeness (QED) is 0.693. The number of carbonyl (C=O) groups excluding carboxylic acids is 2. The van der Waals surface area contributed by atoms with E-state index in [4.69, 9.17) is 16.3 Å². The third-order valence-corrected chi connectivity index (χ3v) is 8.41. The highest BCUT2D eigenvalue weighted by molar-refractivity contribution is 6.32. The van der Waals surface area contributed by atoms with E-state index in [2.05, 4.69) is 9.80 Å². The van der Waals surface area contributed by atoms with Crippen LogP contribution in [0.3, 0.4) is 0 Å². The summed E-state index contributed by atoms with van der Waals surface area (Å²) in [6.45, 7) is 4.84. The van der Waals surface area contributed by atoms with E-state index in [1.165, 1.54) is 12.8 Å². The van der Waals surface area contributed by atoms with Crippen molar-refractivity contribution in [2.24, 2.45) is 11.8 Å². The van der Waals surface area contributed by atoms with Crippen molar-refractivity contribution < 1.29 is 14.3 Å². The third-order valence-electron chi connectivity index (χ3n) is 8.11. The predicted octanol–water partition coefficient (Wildman–Crippen LogP) is 3.21. The molecule has 0 aromatic heterocycles. The Morgan fingerprint density at radius 1 is 1.16 bits per heavy atom. The van der Waals surface area contributed by atoms with Gasteiger partial charge in [0.05, 0.1) is 18.6 Å². The zero-order chi connectivity index (χ0) is 22.2. The van der Waals surface area contributed by atoms with Crippen LogP contribution in [0.2, 0.25) is 5.02 Å². The number of methoxy groups -OCH3 is 1. The number of fused-ring (bicyclic) bond motifs is 4. The molecule has 0 saturated carbocycles. The Balaban J connectivity index is 1.14. The Morgan fingerprint density at radius 3 is 2.72 bits per heavy atom. The summed E-state index contributed by atoms with van der Waals surface area (Å²) < 4.78 is 5.20. The number of piperidine rings is 4. The first-order chi connectivity index (χ1) is 15.5. The Hall–Kier alpha value is -1.79. The van der Waals surface area contributed by atoms with Gasteiger partial charge in [-0.25, -0.2) is 0 Å². The van der Waals surface area contributed by atoms with Crippen LogP contribution in [0, 0.1) is 11.8 Å². The van der Waals surface area contributed by atoms with Crippen LogP contribution < -0.4 is 4.74 Å². The second-order valence-corrected chi connectivity index (χ2v) is 10.5. The Bertz CT molecular complexity index is 870. The lowest BCUT2D eigenvalue weighted by atomic mass is 9.75. The van der Waals surface area contributed by atoms with Crippen molar-refractivity contribution in [3.05, 3.63) is 28.8 Å². The second-order valence-electron chi connectivity index (χ2n) is 10.1. The highest BCUT2D eigenvalue weighted by atomic mass is 35.5. The highest BCUT2D eigenvalue weighted by Crippen LogP contribution is 2.39. The molecule has 1 aromatic carbocycles. The molecule has 6 nitrogen and oxygen atoms in total. The zero-order valence-corrected chi connectivity index (χ0v) is 19.7. The maximum Gasteiger partial charge on any atom is 0.226 e. The van der Waals surface area contributed by atoms with Crippen molar-refractivity contribution in [3.63, 3.8) is 0 Å². The van der Waals surface area contributed by atoms with E-state index < -0.39 is 0 Å². The first-order valence-electron chi connectivity index (χ1n) is 12.2. The van der Waals surface area contributed by atoms with E-state index in [0.717, 1.165) is 64.0 Å². The largest absolute Gasteiger partial charge is 0.495 e. The molecule has 7 heteroatoms. The van der Waals surface area contributed by atoms with Gasteiger partial charge in [0.2, 0.25) is 11.8 Å². The normalized spacial score (nSPS) is 29.1. The molecular formula is C25H34ClN3O3. The van der Waals surface area contributed by atoms with Crippen molar-refractivity contribution in [2.75, 3.05) is 39.8 Å². The first-order valence-corrected chi connectivity index (χ1v) is 12.5. The van der Waals surface area contributed by atoms with Crippen molar-refractivity contribution in [1.82, 2.24) is 14.7 Å². The van der Waals surface area contributed by atoms with E-state index >= 15 is 0 Å². The molecule has 0 aliphatic carbocycles. The molecule has 0 radical (unpaired) electrons. The Morgan fingerprint density at radius 2 is 1.97 bits per heavy atom. The molecule has 4 aliphatic rings. The average molecular weight is 460 g/mol. The maximum atomic E-state index is 12.9. The number of likely N-dealkylation sites (tertiary alicyclic amines) is 2. The van der Waals surface area contributed by atoms with Crippen LogP contribution in [-0.2, 0) is 16.0 Å².